The standard InChI is InChI=1S/C20H24BrN3O3/c1-4-24(5-2)17-10-9-15(19(25)12-17)13-22-23-20(26)14(3)27-18-8-6-7-16(21)11-18/h6-14,25H,4-5H2,1-3H3,(H,23,26)/b22-13-/t14-/m1/s1. The lowest BCUT2D eigenvalue weighted by Crippen LogP contribution is -2.33. The maximum Gasteiger partial charge on any atom is 0.280 e. The number of carbonyl (C=O) groups excluding carboxylic acids is 1. The van der Waals surface area contributed by atoms with E-state index >= 15 is 0 Å². The van der Waals surface area contributed by atoms with Crippen LogP contribution in [0.25, 0.3) is 0 Å². The zero-order chi connectivity index (χ0) is 19.8. The van der Waals surface area contributed by atoms with Crippen molar-refractivity contribution in [1.29, 1.82) is 0 Å². The van der Waals surface area contributed by atoms with E-state index < -0.39 is 6.10 Å². The summed E-state index contributed by atoms with van der Waals surface area (Å²) >= 11 is 3.36. The van der Waals surface area contributed by atoms with Gasteiger partial charge in [0.2, 0.25) is 0 Å². The Balaban J connectivity index is 1.95. The number of hydrogen-bond donors (Lipinski definition) is 2. The van der Waals surface area contributed by atoms with Gasteiger partial charge in [0.1, 0.15) is 11.5 Å². The number of benzene rings is 2. The second-order valence-corrected chi connectivity index (χ2v) is 6.78. The monoisotopic (exact) mass is 433 g/mol. The fourth-order valence-corrected chi connectivity index (χ4v) is 2.86. The highest BCUT2D eigenvalue weighted by atomic mass is 79.9. The number of carbonyl (C=O) groups is 1. The van der Waals surface area contributed by atoms with Crippen molar-refractivity contribution in [3.05, 3.63) is 52.5 Å². The molecule has 2 aromatic rings. The predicted molar refractivity (Wildman–Crippen MR) is 112 cm³/mol. The number of phenols is 1. The summed E-state index contributed by atoms with van der Waals surface area (Å²) < 4.78 is 6.45. The van der Waals surface area contributed by atoms with Gasteiger partial charge in [-0.25, -0.2) is 5.43 Å². The Kier molecular flexibility index (Phi) is 7.67. The molecule has 0 radical (unpaired) electrons. The first-order chi connectivity index (χ1) is 12.9. The van der Waals surface area contributed by atoms with Gasteiger partial charge in [0.25, 0.3) is 5.91 Å². The molecule has 0 heterocycles. The Hall–Kier alpha value is -2.54. The Labute approximate surface area is 168 Å². The Morgan fingerprint density at radius 1 is 1.30 bits per heavy atom. The smallest absolute Gasteiger partial charge is 0.280 e. The lowest BCUT2D eigenvalue weighted by Gasteiger charge is -2.21. The summed E-state index contributed by atoms with van der Waals surface area (Å²) in [6, 6.07) is 12.6. The number of ether oxygens (including phenoxy) is 1. The second kappa shape index (κ2) is 9.97. The van der Waals surface area contributed by atoms with Crippen molar-refractivity contribution >= 4 is 33.7 Å². The van der Waals surface area contributed by atoms with E-state index in [-0.39, 0.29) is 11.7 Å². The van der Waals surface area contributed by atoms with Crippen molar-refractivity contribution in [1.82, 2.24) is 5.43 Å². The molecule has 7 heteroatoms. The highest BCUT2D eigenvalue weighted by Gasteiger charge is 2.14. The molecule has 0 aliphatic carbocycles. The van der Waals surface area contributed by atoms with Crippen molar-refractivity contribution < 1.29 is 14.6 Å². The van der Waals surface area contributed by atoms with Gasteiger partial charge in [0.15, 0.2) is 6.10 Å². The van der Waals surface area contributed by atoms with Gasteiger partial charge >= 0.3 is 0 Å². The van der Waals surface area contributed by atoms with Crippen LogP contribution in [0, 0.1) is 0 Å². The number of anilines is 1. The van der Waals surface area contributed by atoms with Crippen molar-refractivity contribution in [2.24, 2.45) is 5.10 Å². The fraction of sp³-hybridized carbons (Fsp3) is 0.300. The number of phenolic OH excluding ortho intramolecular Hbond substituents is 1. The van der Waals surface area contributed by atoms with Gasteiger partial charge in [-0.05, 0) is 51.1 Å². The number of nitrogens with one attached hydrogen (secondary N) is 1. The SMILES string of the molecule is CCN(CC)c1ccc(/C=N\NC(=O)[C@@H](C)Oc2cccc(Br)c2)c(O)c1. The average Bonchev–Trinajstić information content (AvgIpc) is 2.64. The zero-order valence-corrected chi connectivity index (χ0v) is 17.2. The number of rotatable bonds is 8. The van der Waals surface area contributed by atoms with Crippen molar-refractivity contribution in [3.63, 3.8) is 0 Å². The normalized spacial score (nSPS) is 12.0. The first-order valence-corrected chi connectivity index (χ1v) is 9.57. The largest absolute Gasteiger partial charge is 0.507 e. The number of halogens is 1. The van der Waals surface area contributed by atoms with Crippen LogP contribution in [-0.4, -0.2) is 36.4 Å². The maximum absolute atomic E-state index is 12.1. The van der Waals surface area contributed by atoms with Gasteiger partial charge in [-0.15, -0.1) is 0 Å². The number of amides is 1. The Morgan fingerprint density at radius 2 is 2.04 bits per heavy atom. The highest BCUT2D eigenvalue weighted by molar-refractivity contribution is 9.10. The van der Waals surface area contributed by atoms with Crippen LogP contribution in [0.2, 0.25) is 0 Å². The van der Waals surface area contributed by atoms with Crippen LogP contribution in [0.5, 0.6) is 11.5 Å². The van der Waals surface area contributed by atoms with E-state index in [9.17, 15) is 9.90 Å². The van der Waals surface area contributed by atoms with Gasteiger partial charge in [-0.3, -0.25) is 4.79 Å². The van der Waals surface area contributed by atoms with Gasteiger partial charge in [0.05, 0.1) is 6.21 Å². The number of aromatic hydroxyl groups is 1. The van der Waals surface area contributed by atoms with Crippen LogP contribution in [-0.2, 0) is 4.79 Å². The molecule has 0 unspecified atom stereocenters. The van der Waals surface area contributed by atoms with Crippen LogP contribution < -0.4 is 15.1 Å². The van der Waals surface area contributed by atoms with E-state index in [4.69, 9.17) is 4.74 Å². The summed E-state index contributed by atoms with van der Waals surface area (Å²) in [5, 5.41) is 14.1. The van der Waals surface area contributed by atoms with Crippen LogP contribution in [0.1, 0.15) is 26.3 Å². The van der Waals surface area contributed by atoms with Gasteiger partial charge in [-0.2, -0.15) is 5.10 Å². The van der Waals surface area contributed by atoms with E-state index in [1.807, 2.05) is 18.2 Å². The summed E-state index contributed by atoms with van der Waals surface area (Å²) in [6.07, 6.45) is 0.695. The second-order valence-electron chi connectivity index (χ2n) is 5.87. The molecule has 0 saturated heterocycles. The minimum Gasteiger partial charge on any atom is -0.507 e. The average molecular weight is 434 g/mol. The first-order valence-electron chi connectivity index (χ1n) is 8.77. The maximum atomic E-state index is 12.1. The van der Waals surface area contributed by atoms with Crippen LogP contribution in [0.3, 0.4) is 0 Å². The minimum atomic E-state index is -0.713. The molecular weight excluding hydrogens is 410 g/mol. The minimum absolute atomic E-state index is 0.107. The molecule has 0 aromatic heterocycles. The molecular formula is C20H24BrN3O3. The lowest BCUT2D eigenvalue weighted by atomic mass is 10.2. The summed E-state index contributed by atoms with van der Waals surface area (Å²) in [4.78, 5) is 14.2. The quantitative estimate of drug-likeness (QED) is 0.488. The molecule has 2 N–H and O–H groups in total. The Bertz CT molecular complexity index is 807. The lowest BCUT2D eigenvalue weighted by molar-refractivity contribution is -0.127. The summed E-state index contributed by atoms with van der Waals surface area (Å²) in [6.45, 7) is 7.47. The molecule has 1 atom stereocenters. The Morgan fingerprint density at radius 3 is 2.67 bits per heavy atom. The van der Waals surface area contributed by atoms with Crippen LogP contribution in [0.15, 0.2) is 52.0 Å². The van der Waals surface area contributed by atoms with Crippen molar-refractivity contribution in [2.75, 3.05) is 18.0 Å². The van der Waals surface area contributed by atoms with Crippen LogP contribution in [0.4, 0.5) is 5.69 Å². The van der Waals surface area contributed by atoms with Crippen LogP contribution >= 0.6 is 15.9 Å². The summed E-state index contributed by atoms with van der Waals surface area (Å²) in [5.41, 5.74) is 3.88. The van der Waals surface area contributed by atoms with E-state index in [0.29, 0.717) is 11.3 Å². The molecule has 1 amide bonds. The van der Waals surface area contributed by atoms with Gasteiger partial charge in [0, 0.05) is 34.9 Å². The number of hydrazone groups is 1. The molecule has 0 saturated carbocycles. The zero-order valence-electron chi connectivity index (χ0n) is 15.6. The van der Waals surface area contributed by atoms with Gasteiger partial charge < -0.3 is 14.7 Å². The molecule has 0 spiro atoms. The summed E-state index contributed by atoms with van der Waals surface area (Å²) in [5.74, 6) is 0.307. The molecule has 0 aliphatic rings. The molecule has 2 aromatic carbocycles. The van der Waals surface area contributed by atoms with E-state index in [1.54, 1.807) is 31.2 Å². The third kappa shape index (κ3) is 5.99. The van der Waals surface area contributed by atoms with E-state index in [2.05, 4.69) is 45.2 Å². The molecule has 2 rings (SSSR count). The van der Waals surface area contributed by atoms with Gasteiger partial charge in [-0.1, -0.05) is 22.0 Å². The number of hydrogen-bond acceptors (Lipinski definition) is 5. The molecule has 6 nitrogen and oxygen atoms in total. The first kappa shape index (κ1) is 20.8. The fourth-order valence-electron chi connectivity index (χ4n) is 2.48. The topological polar surface area (TPSA) is 74.2 Å². The third-order valence-electron chi connectivity index (χ3n) is 4.00. The van der Waals surface area contributed by atoms with Crippen molar-refractivity contribution in [2.45, 2.75) is 26.9 Å². The molecule has 144 valence electrons. The van der Waals surface area contributed by atoms with Crippen molar-refractivity contribution in [3.8, 4) is 11.5 Å². The highest BCUT2D eigenvalue weighted by Crippen LogP contribution is 2.23. The van der Waals surface area contributed by atoms with E-state index in [0.717, 1.165) is 23.2 Å². The van der Waals surface area contributed by atoms with E-state index in [1.165, 1.54) is 6.21 Å². The molecule has 27 heavy (non-hydrogen) atoms. The predicted octanol–water partition coefficient (Wildman–Crippen LogP) is 3.92. The molecule has 0 aliphatic heterocycles. The third-order valence-corrected chi connectivity index (χ3v) is 4.49. The molecule has 0 bridgehead atoms. The summed E-state index contributed by atoms with van der Waals surface area (Å²) in [7, 11) is 0. The number of nitrogens with zero attached hydrogens (tertiary/aromatic N) is 2. The molecule has 0 fully saturated rings.